The van der Waals surface area contributed by atoms with Crippen molar-refractivity contribution in [2.45, 2.75) is 146 Å². The smallest absolute Gasteiger partial charge is 0.243 e. The Kier molecular flexibility index (Phi) is 18.3. The highest BCUT2D eigenvalue weighted by atomic mass is 16.3. The van der Waals surface area contributed by atoms with Gasteiger partial charge in [-0.15, -0.1) is 0 Å². The van der Waals surface area contributed by atoms with E-state index in [0.29, 0.717) is 84.8 Å². The number of Topliss-reactive ketones (excluding diaryl/α,β-unsaturated/α-hetero) is 1. The first-order chi connectivity index (χ1) is 36.7. The number of β-amino-alcohol motifs (C(OH)–C–C–N with tert-alkyl or cyclic N) is 1. The van der Waals surface area contributed by atoms with Crippen molar-refractivity contribution in [2.75, 3.05) is 19.7 Å². The van der Waals surface area contributed by atoms with E-state index in [9.17, 15) is 40.5 Å². The molecule has 15 heteroatoms. The Bertz CT molecular complexity index is 2800. The van der Waals surface area contributed by atoms with Crippen molar-refractivity contribution in [3.63, 3.8) is 0 Å². The summed E-state index contributed by atoms with van der Waals surface area (Å²) in [6, 6.07) is 19.0. The zero-order valence-corrected chi connectivity index (χ0v) is 45.0. The predicted molar refractivity (Wildman–Crippen MR) is 299 cm³/mol. The number of carbonyl (C=O) groups excluding carboxylic acids is 2. The topological polar surface area (TPSA) is 290 Å². The van der Waals surface area contributed by atoms with E-state index in [0.717, 1.165) is 34.3 Å². The Labute approximate surface area is 453 Å². The van der Waals surface area contributed by atoms with Crippen molar-refractivity contribution in [2.24, 2.45) is 51.3 Å². The fraction of sp³-hybridized carbons (Fsp3) is 0.500. The van der Waals surface area contributed by atoms with Crippen LogP contribution in [0.2, 0.25) is 0 Å². The summed E-state index contributed by atoms with van der Waals surface area (Å²) in [4.78, 5) is 33.7. The van der Waals surface area contributed by atoms with Gasteiger partial charge >= 0.3 is 0 Å². The molecule has 77 heavy (non-hydrogen) atoms. The third-order valence-electron chi connectivity index (χ3n) is 18.0. The Hall–Kier alpha value is -5.75. The summed E-state index contributed by atoms with van der Waals surface area (Å²) in [7, 11) is 0. The van der Waals surface area contributed by atoms with Crippen LogP contribution in [0.25, 0.3) is 0 Å². The van der Waals surface area contributed by atoms with E-state index in [4.69, 9.17) is 17.2 Å². The minimum absolute atomic E-state index is 0.0624. The monoisotopic (exact) mass is 1050 g/mol. The zero-order valence-electron chi connectivity index (χ0n) is 45.0. The summed E-state index contributed by atoms with van der Waals surface area (Å²) in [5, 5.41) is 89.3. The molecule has 1 amide bonds. The molecule has 0 radical (unpaired) electrons. The minimum Gasteiger partial charge on any atom is -0.508 e. The van der Waals surface area contributed by atoms with Crippen molar-refractivity contribution in [3.8, 4) is 5.75 Å². The van der Waals surface area contributed by atoms with E-state index in [2.05, 4.69) is 22.2 Å². The molecule has 3 aromatic rings. The second-order valence-corrected chi connectivity index (χ2v) is 23.0. The first-order valence-electron chi connectivity index (χ1n) is 27.6. The second kappa shape index (κ2) is 24.5. The SMILES string of the molecule is C=C(/C=C/C=C(/CO)[C@H]1[C@@H]2CCC[C@@]3(O)CC/C4=C(/C)C(=O)Cc5cccc6c5[C@@H](NC[C@@H](O)[C@H]([C@H](CN=C(N)N)c5ccc(O)cc5)Cc5cccc(c5)C[C@H](O)CC[C@H]4[C@]3(C2)[C@@H]1O)C(=O)N[C@H]6N)[C@H](O)CC=C(C)C. The Morgan fingerprint density at radius 3 is 2.42 bits per heavy atom. The number of guanidine groups is 1. The number of carbonyl (C=O) groups is 2. The van der Waals surface area contributed by atoms with Crippen molar-refractivity contribution in [1.82, 2.24) is 10.6 Å². The van der Waals surface area contributed by atoms with E-state index in [1.165, 1.54) is 0 Å². The highest BCUT2D eigenvalue weighted by molar-refractivity contribution is 5.98. The standard InChI is InChI=1S/C62H82N6O9/c1-35(2)16-23-51(72)36(3)9-5-13-43(34-69)54-42-14-8-25-61(77)26-24-46-37(4)52(73)30-41-12-7-15-47-55(41)56(59(76)68-58(47)63)66-33-53(74)48(49(32-67-60(64)65)40-17-19-44(70)20-18-40)29-39-11-6-10-38(27-39)28-45(71)21-22-50(46)62(61,31-42)57(54)75/h5-7,9-13,15-20,27,42,45,48-51,53-54,56-58,66,69-72,74-75,77H,3,8,14,21-26,28-34,63H2,1-2,4H3,(H,68,76)(H4,64,65,67)/b9-5+,43-13-,46-37+/t42-,45-,48+,49-,50-,51-,53-,54-,56-,57-,58-,61-,62-/m1/s1. The van der Waals surface area contributed by atoms with E-state index < -0.39 is 77.2 Å². The van der Waals surface area contributed by atoms with Gasteiger partial charge in [0.2, 0.25) is 5.91 Å². The van der Waals surface area contributed by atoms with Gasteiger partial charge in [0.15, 0.2) is 11.7 Å². The number of aromatic hydroxyl groups is 1. The lowest BCUT2D eigenvalue weighted by Crippen LogP contribution is -2.61. The molecule has 15 N–H and O–H groups in total. The number of phenols is 1. The maximum Gasteiger partial charge on any atom is 0.243 e. The number of hydrogen-bond donors (Lipinski definition) is 12. The van der Waals surface area contributed by atoms with Gasteiger partial charge in [0, 0.05) is 36.8 Å². The maximum absolute atomic E-state index is 15.2. The molecule has 3 fully saturated rings. The number of benzene rings is 3. The van der Waals surface area contributed by atoms with Crippen LogP contribution in [0.15, 0.2) is 130 Å². The largest absolute Gasteiger partial charge is 0.508 e. The van der Waals surface area contributed by atoms with Crippen LogP contribution in [0.3, 0.4) is 0 Å². The number of phenolic OH excluding ortho intramolecular Hbond substituents is 1. The van der Waals surface area contributed by atoms with Crippen LogP contribution in [0.5, 0.6) is 5.75 Å². The number of nitrogens with two attached hydrogens (primary N) is 3. The fourth-order valence-corrected chi connectivity index (χ4v) is 14.1. The molecule has 15 nitrogen and oxygen atoms in total. The van der Waals surface area contributed by atoms with Crippen LogP contribution in [-0.4, -0.2) is 103 Å². The molecule has 0 saturated heterocycles. The number of aliphatic hydroxyl groups excluding tert-OH is 5. The van der Waals surface area contributed by atoms with Gasteiger partial charge in [0.1, 0.15) is 18.0 Å². The van der Waals surface area contributed by atoms with Crippen LogP contribution in [0.4, 0.5) is 0 Å². The van der Waals surface area contributed by atoms with E-state index in [1.807, 2.05) is 69.3 Å². The lowest BCUT2D eigenvalue weighted by atomic mass is 9.51. The van der Waals surface area contributed by atoms with Gasteiger partial charge < -0.3 is 58.3 Å². The molecule has 2 aliphatic heterocycles. The maximum atomic E-state index is 15.2. The number of nitrogens with zero attached hydrogens (tertiary/aromatic N) is 1. The van der Waals surface area contributed by atoms with Gasteiger partial charge in [-0.2, -0.15) is 0 Å². The Morgan fingerprint density at radius 1 is 0.974 bits per heavy atom. The second-order valence-electron chi connectivity index (χ2n) is 23.0. The van der Waals surface area contributed by atoms with Gasteiger partial charge in [-0.1, -0.05) is 103 Å². The van der Waals surface area contributed by atoms with Gasteiger partial charge in [-0.3, -0.25) is 19.9 Å². The summed E-state index contributed by atoms with van der Waals surface area (Å²) in [6.45, 7) is 9.54. The highest BCUT2D eigenvalue weighted by Gasteiger charge is 2.68. The van der Waals surface area contributed by atoms with Crippen LogP contribution in [0.1, 0.15) is 130 Å². The van der Waals surface area contributed by atoms with Gasteiger partial charge in [0.25, 0.3) is 0 Å². The quantitative estimate of drug-likeness (QED) is 0.0485. The van der Waals surface area contributed by atoms with E-state index in [-0.39, 0.29) is 62.4 Å². The number of fused-ring (bicyclic) bond motifs is 4. The van der Waals surface area contributed by atoms with Crippen LogP contribution < -0.4 is 27.8 Å². The molecule has 414 valence electrons. The third kappa shape index (κ3) is 12.3. The summed E-state index contributed by atoms with van der Waals surface area (Å²) in [5.41, 5.74) is 23.8. The Morgan fingerprint density at radius 2 is 1.70 bits per heavy atom. The van der Waals surface area contributed by atoms with E-state index >= 15 is 4.79 Å². The van der Waals surface area contributed by atoms with E-state index in [1.54, 1.807) is 42.5 Å². The van der Waals surface area contributed by atoms with Gasteiger partial charge in [0.05, 0.1) is 36.6 Å². The van der Waals surface area contributed by atoms with Crippen LogP contribution in [-0.2, 0) is 28.9 Å². The van der Waals surface area contributed by atoms with Crippen LogP contribution >= 0.6 is 0 Å². The molecule has 13 atom stereocenters. The molecule has 3 aromatic carbocycles. The molecular weight excluding hydrogens is 973 g/mol. The normalized spacial score (nSPS) is 31.9. The van der Waals surface area contributed by atoms with Crippen molar-refractivity contribution in [1.29, 1.82) is 0 Å². The molecular formula is C62H82N6O9. The molecule has 0 unspecified atom stereocenters. The molecule has 1 spiro atoms. The van der Waals surface area contributed by atoms with Gasteiger partial charge in [-0.25, -0.2) is 0 Å². The van der Waals surface area contributed by atoms with Crippen molar-refractivity contribution < 1.29 is 45.3 Å². The van der Waals surface area contributed by atoms with Crippen LogP contribution in [0, 0.1) is 29.1 Å². The summed E-state index contributed by atoms with van der Waals surface area (Å²) >= 11 is 0. The Balaban J connectivity index is 1.22. The molecule has 5 aliphatic rings. The number of hydrogen-bond acceptors (Lipinski definition) is 12. The average molecular weight is 1060 g/mol. The molecule has 3 saturated carbocycles. The summed E-state index contributed by atoms with van der Waals surface area (Å²) < 4.78 is 0. The summed E-state index contributed by atoms with van der Waals surface area (Å²) in [5.74, 6) is -2.85. The molecule has 8 rings (SSSR count). The number of allylic oxidation sites excluding steroid dienone is 5. The van der Waals surface area contributed by atoms with Gasteiger partial charge in [-0.05, 0) is 165 Å². The molecule has 2 heterocycles. The first kappa shape index (κ1) is 57.4. The first-order valence-corrected chi connectivity index (χ1v) is 27.6. The minimum atomic E-state index is -1.32. The van der Waals surface area contributed by atoms with Crippen molar-refractivity contribution in [3.05, 3.63) is 159 Å². The average Bonchev–Trinajstić information content (AvgIpc) is 3.83. The lowest BCUT2D eigenvalue weighted by Gasteiger charge is -2.57. The number of aliphatic hydroxyl groups is 6. The third-order valence-corrected chi connectivity index (χ3v) is 18.0. The fourth-order valence-electron chi connectivity index (χ4n) is 14.1. The van der Waals surface area contributed by atoms with Crippen molar-refractivity contribution >= 4 is 17.6 Å². The number of rotatable bonds is 11. The summed E-state index contributed by atoms with van der Waals surface area (Å²) in [6.07, 6.45) is 7.17. The number of ketones is 1. The number of amides is 1. The lowest BCUT2D eigenvalue weighted by molar-refractivity contribution is -0.181. The zero-order chi connectivity index (χ0) is 55.3. The molecule has 3 aliphatic carbocycles. The highest BCUT2D eigenvalue weighted by Crippen LogP contribution is 2.68. The predicted octanol–water partition coefficient (Wildman–Crippen LogP) is 5.57. The molecule has 4 bridgehead atoms. The number of nitrogens with one attached hydrogen (secondary N) is 2. The molecule has 0 aromatic heterocycles. The number of aliphatic imine (C=N–C) groups is 1.